The van der Waals surface area contributed by atoms with Crippen LogP contribution in [0.3, 0.4) is 0 Å². The topological polar surface area (TPSA) is 86.4 Å². The fourth-order valence-electron chi connectivity index (χ4n) is 3.18. The number of aromatic nitrogens is 3. The Hall–Kier alpha value is -3.75. The van der Waals surface area contributed by atoms with Crippen LogP contribution in [0.1, 0.15) is 29.9 Å². The van der Waals surface area contributed by atoms with E-state index in [9.17, 15) is 18.8 Å². The molecule has 1 amide bonds. The molecule has 0 saturated carbocycles. The van der Waals surface area contributed by atoms with Gasteiger partial charge in [-0.25, -0.2) is 9.18 Å². The van der Waals surface area contributed by atoms with Gasteiger partial charge in [0.15, 0.2) is 0 Å². The molecule has 0 aliphatic rings. The number of nitrogens with zero attached hydrogens (tertiary/aromatic N) is 4. The monoisotopic (exact) mass is 426 g/mol. The Morgan fingerprint density at radius 2 is 1.81 bits per heavy atom. The summed E-state index contributed by atoms with van der Waals surface area (Å²) in [6, 6.07) is 12.4. The van der Waals surface area contributed by atoms with E-state index in [-0.39, 0.29) is 12.2 Å². The van der Waals surface area contributed by atoms with Crippen molar-refractivity contribution in [3.05, 3.63) is 86.4 Å². The fourth-order valence-corrected chi connectivity index (χ4v) is 3.18. The molecule has 8 nitrogen and oxygen atoms in total. The van der Waals surface area contributed by atoms with E-state index in [0.29, 0.717) is 24.4 Å². The highest BCUT2D eigenvalue weighted by Crippen LogP contribution is 2.13. The Morgan fingerprint density at radius 3 is 2.45 bits per heavy atom. The lowest BCUT2D eigenvalue weighted by molar-refractivity contribution is 0.0761. The molecule has 0 spiro atoms. The summed E-state index contributed by atoms with van der Waals surface area (Å²) in [7, 11) is 1.50. The number of methoxy groups -OCH3 is 1. The number of para-hydroxylation sites is 1. The van der Waals surface area contributed by atoms with Gasteiger partial charge in [0.05, 0.1) is 13.7 Å². The number of hydrogen-bond acceptors (Lipinski definition) is 5. The molecular weight excluding hydrogens is 403 g/mol. The smallest absolute Gasteiger partial charge is 0.352 e. The number of halogens is 1. The zero-order valence-corrected chi connectivity index (χ0v) is 17.5. The molecule has 0 unspecified atom stereocenters. The summed E-state index contributed by atoms with van der Waals surface area (Å²) in [6.45, 7) is 4.10. The summed E-state index contributed by atoms with van der Waals surface area (Å²) < 4.78 is 21.3. The van der Waals surface area contributed by atoms with E-state index in [1.807, 2.05) is 0 Å². The van der Waals surface area contributed by atoms with E-state index in [1.165, 1.54) is 36.3 Å². The zero-order valence-electron chi connectivity index (χ0n) is 17.5. The Kier molecular flexibility index (Phi) is 6.64. The van der Waals surface area contributed by atoms with Gasteiger partial charge in [0, 0.05) is 13.1 Å². The predicted molar refractivity (Wildman–Crippen MR) is 113 cm³/mol. The average molecular weight is 426 g/mol. The van der Waals surface area contributed by atoms with Gasteiger partial charge in [-0.05, 0) is 43.7 Å². The van der Waals surface area contributed by atoms with Gasteiger partial charge in [0.2, 0.25) is 5.69 Å². The standard InChI is InChI=1S/C22H23FN4O4/c1-4-25(5-2)20(28)19-21(29)26(14-15-9-8-10-16(13-15)31-3)22(30)27(24-19)18-12-7-6-11-17(18)23/h6-13H,4-5,14H2,1-3H3. The molecule has 1 aromatic heterocycles. The summed E-state index contributed by atoms with van der Waals surface area (Å²) >= 11 is 0. The van der Waals surface area contributed by atoms with E-state index >= 15 is 0 Å². The maximum absolute atomic E-state index is 14.4. The van der Waals surface area contributed by atoms with Crippen molar-refractivity contribution in [2.45, 2.75) is 20.4 Å². The molecule has 2 aromatic carbocycles. The number of hydrogen-bond donors (Lipinski definition) is 0. The molecule has 0 aliphatic heterocycles. The summed E-state index contributed by atoms with van der Waals surface area (Å²) in [6.07, 6.45) is 0. The Bertz CT molecular complexity index is 1210. The molecule has 3 rings (SSSR count). The maximum atomic E-state index is 14.4. The summed E-state index contributed by atoms with van der Waals surface area (Å²) in [5.74, 6) is -0.780. The van der Waals surface area contributed by atoms with Crippen molar-refractivity contribution in [2.75, 3.05) is 20.2 Å². The number of benzene rings is 2. The predicted octanol–water partition coefficient (Wildman–Crippen LogP) is 2.07. The number of carbonyl (C=O) groups is 1. The quantitative estimate of drug-likeness (QED) is 0.577. The first-order chi connectivity index (χ1) is 14.9. The normalized spacial score (nSPS) is 10.7. The van der Waals surface area contributed by atoms with Crippen LogP contribution in [0, 0.1) is 5.82 Å². The van der Waals surface area contributed by atoms with Gasteiger partial charge >= 0.3 is 5.69 Å². The number of amides is 1. The van der Waals surface area contributed by atoms with Crippen molar-refractivity contribution in [2.24, 2.45) is 0 Å². The van der Waals surface area contributed by atoms with Gasteiger partial charge in [0.1, 0.15) is 17.3 Å². The third-order valence-electron chi connectivity index (χ3n) is 4.87. The second-order valence-electron chi connectivity index (χ2n) is 6.71. The van der Waals surface area contributed by atoms with Crippen LogP contribution in [0.25, 0.3) is 5.69 Å². The Balaban J connectivity index is 2.25. The van der Waals surface area contributed by atoms with Gasteiger partial charge in [-0.15, -0.1) is 0 Å². The van der Waals surface area contributed by atoms with E-state index in [0.717, 1.165) is 9.25 Å². The van der Waals surface area contributed by atoms with Crippen LogP contribution in [-0.4, -0.2) is 45.4 Å². The molecule has 0 fully saturated rings. The molecule has 0 bridgehead atoms. The van der Waals surface area contributed by atoms with E-state index in [4.69, 9.17) is 4.74 Å². The molecule has 3 aromatic rings. The van der Waals surface area contributed by atoms with Gasteiger partial charge in [-0.1, -0.05) is 24.3 Å². The third kappa shape index (κ3) is 4.40. The fraction of sp³-hybridized carbons (Fsp3) is 0.273. The van der Waals surface area contributed by atoms with Crippen molar-refractivity contribution < 1.29 is 13.9 Å². The lowest BCUT2D eigenvalue weighted by Crippen LogP contribution is -2.47. The minimum absolute atomic E-state index is 0.135. The highest BCUT2D eigenvalue weighted by molar-refractivity contribution is 5.91. The van der Waals surface area contributed by atoms with Crippen LogP contribution >= 0.6 is 0 Å². The molecule has 0 atom stereocenters. The van der Waals surface area contributed by atoms with Gasteiger partial charge in [0.25, 0.3) is 11.5 Å². The summed E-state index contributed by atoms with van der Waals surface area (Å²) in [5, 5.41) is 3.97. The molecule has 0 saturated heterocycles. The van der Waals surface area contributed by atoms with E-state index < -0.39 is 28.7 Å². The van der Waals surface area contributed by atoms with Crippen LogP contribution in [0.15, 0.2) is 58.1 Å². The van der Waals surface area contributed by atoms with Crippen molar-refractivity contribution in [3.8, 4) is 11.4 Å². The first kappa shape index (κ1) is 21.9. The minimum Gasteiger partial charge on any atom is -0.497 e. The lowest BCUT2D eigenvalue weighted by Gasteiger charge is -2.19. The minimum atomic E-state index is -0.853. The second kappa shape index (κ2) is 9.38. The van der Waals surface area contributed by atoms with E-state index in [1.54, 1.807) is 38.1 Å². The maximum Gasteiger partial charge on any atom is 0.352 e. The van der Waals surface area contributed by atoms with Crippen molar-refractivity contribution >= 4 is 5.91 Å². The third-order valence-corrected chi connectivity index (χ3v) is 4.87. The van der Waals surface area contributed by atoms with Gasteiger partial charge in [-0.2, -0.15) is 9.78 Å². The molecule has 0 aliphatic carbocycles. The number of ether oxygens (including phenoxy) is 1. The first-order valence-corrected chi connectivity index (χ1v) is 9.82. The zero-order chi connectivity index (χ0) is 22.5. The SMILES string of the molecule is CCN(CC)C(=O)c1nn(-c2ccccc2F)c(=O)n(Cc2cccc(OC)c2)c1=O. The molecule has 0 radical (unpaired) electrons. The van der Waals surface area contributed by atoms with Crippen molar-refractivity contribution in [3.63, 3.8) is 0 Å². The number of rotatable bonds is 7. The largest absolute Gasteiger partial charge is 0.497 e. The van der Waals surface area contributed by atoms with E-state index in [2.05, 4.69) is 5.10 Å². The molecular formula is C22H23FN4O4. The van der Waals surface area contributed by atoms with Crippen LogP contribution in [0.2, 0.25) is 0 Å². The Morgan fingerprint density at radius 1 is 1.10 bits per heavy atom. The highest BCUT2D eigenvalue weighted by atomic mass is 19.1. The molecule has 9 heteroatoms. The lowest BCUT2D eigenvalue weighted by atomic mass is 10.2. The van der Waals surface area contributed by atoms with Gasteiger partial charge < -0.3 is 9.64 Å². The second-order valence-corrected chi connectivity index (χ2v) is 6.71. The molecule has 31 heavy (non-hydrogen) atoms. The number of carbonyl (C=O) groups excluding carboxylic acids is 1. The van der Waals surface area contributed by atoms with Crippen LogP contribution in [0.5, 0.6) is 5.75 Å². The molecule has 162 valence electrons. The van der Waals surface area contributed by atoms with Crippen LogP contribution < -0.4 is 16.0 Å². The van der Waals surface area contributed by atoms with Gasteiger partial charge in [-0.3, -0.25) is 14.2 Å². The Labute approximate surface area is 178 Å². The molecule has 0 N–H and O–H groups in total. The first-order valence-electron chi connectivity index (χ1n) is 9.82. The summed E-state index contributed by atoms with van der Waals surface area (Å²) in [4.78, 5) is 40.6. The summed E-state index contributed by atoms with van der Waals surface area (Å²) in [5.41, 5.74) is -1.69. The highest BCUT2D eigenvalue weighted by Gasteiger charge is 2.24. The van der Waals surface area contributed by atoms with Crippen LogP contribution in [0.4, 0.5) is 4.39 Å². The molecule has 1 heterocycles. The van der Waals surface area contributed by atoms with Crippen molar-refractivity contribution in [1.29, 1.82) is 0 Å². The van der Waals surface area contributed by atoms with Crippen molar-refractivity contribution in [1.82, 2.24) is 19.2 Å². The van der Waals surface area contributed by atoms with Crippen LogP contribution in [-0.2, 0) is 6.54 Å². The average Bonchev–Trinajstić information content (AvgIpc) is 2.78.